The zero-order valence-electron chi connectivity index (χ0n) is 19.2. The Morgan fingerprint density at radius 2 is 1.63 bits per heavy atom. The fourth-order valence-electron chi connectivity index (χ4n) is 3.92. The van der Waals surface area contributed by atoms with Crippen molar-refractivity contribution in [3.63, 3.8) is 0 Å². The number of hydrogen-bond donors (Lipinski definition) is 1. The van der Waals surface area contributed by atoms with Gasteiger partial charge in [-0.3, -0.25) is 9.59 Å². The maximum Gasteiger partial charge on any atom is 0.332 e. The lowest BCUT2D eigenvalue weighted by Crippen LogP contribution is -2.37. The van der Waals surface area contributed by atoms with Crippen molar-refractivity contribution in [1.29, 1.82) is 0 Å². The topological polar surface area (TPSA) is 88.2 Å². The molecule has 4 rings (SSSR count). The number of urea groups is 1. The van der Waals surface area contributed by atoms with E-state index in [2.05, 4.69) is 5.32 Å². The van der Waals surface area contributed by atoms with Crippen molar-refractivity contribution in [3.8, 4) is 11.5 Å². The molecule has 1 atom stereocenters. The predicted octanol–water partition coefficient (Wildman–Crippen LogP) is 4.21. The van der Waals surface area contributed by atoms with Crippen molar-refractivity contribution in [3.05, 3.63) is 84.2 Å². The molecule has 1 N–H and O–H groups in total. The Bertz CT molecular complexity index is 1260. The molecule has 0 radical (unpaired) electrons. The van der Waals surface area contributed by atoms with Gasteiger partial charge in [0.05, 0.1) is 26.3 Å². The van der Waals surface area contributed by atoms with Gasteiger partial charge in [0.1, 0.15) is 23.4 Å². The number of amides is 4. The van der Waals surface area contributed by atoms with Crippen LogP contribution in [-0.4, -0.2) is 43.0 Å². The number of ether oxygens (including phenoxy) is 2. The second kappa shape index (κ2) is 10.3. The second-order valence-electron chi connectivity index (χ2n) is 7.92. The monoisotopic (exact) mass is 477 g/mol. The van der Waals surface area contributed by atoms with Gasteiger partial charge in [0.25, 0.3) is 5.91 Å². The summed E-state index contributed by atoms with van der Waals surface area (Å²) in [5.74, 6) is -0.482. The van der Waals surface area contributed by atoms with Crippen LogP contribution in [-0.2, 0) is 16.1 Å². The fraction of sp³-hybridized carbons (Fsp3) is 0.192. The number of imide groups is 1. The lowest BCUT2D eigenvalue weighted by atomic mass is 10.1. The van der Waals surface area contributed by atoms with Gasteiger partial charge in [-0.2, -0.15) is 0 Å². The lowest BCUT2D eigenvalue weighted by molar-refractivity contribution is -0.124. The summed E-state index contributed by atoms with van der Waals surface area (Å²) in [5, 5.41) is 2.59. The molecule has 0 saturated carbocycles. The zero-order valence-corrected chi connectivity index (χ0v) is 19.2. The maximum absolute atomic E-state index is 13.5. The third-order valence-corrected chi connectivity index (χ3v) is 5.60. The predicted molar refractivity (Wildman–Crippen MR) is 128 cm³/mol. The van der Waals surface area contributed by atoms with Crippen LogP contribution in [0.1, 0.15) is 12.0 Å². The minimum Gasteiger partial charge on any atom is -0.497 e. The molecule has 0 bridgehead atoms. The Morgan fingerprint density at radius 1 is 0.943 bits per heavy atom. The van der Waals surface area contributed by atoms with E-state index < -0.39 is 29.7 Å². The summed E-state index contributed by atoms with van der Waals surface area (Å²) in [6.07, 6.45) is -0.300. The molecule has 1 aliphatic heterocycles. The summed E-state index contributed by atoms with van der Waals surface area (Å²) in [5.41, 5.74) is 1.33. The van der Waals surface area contributed by atoms with Crippen LogP contribution >= 0.6 is 0 Å². The van der Waals surface area contributed by atoms with E-state index in [9.17, 15) is 18.8 Å². The van der Waals surface area contributed by atoms with E-state index in [1.807, 2.05) is 0 Å². The smallest absolute Gasteiger partial charge is 0.332 e. The number of carbonyl (C=O) groups excluding carboxylic acids is 3. The van der Waals surface area contributed by atoms with E-state index in [0.29, 0.717) is 17.2 Å². The Labute approximate surface area is 201 Å². The number of nitrogens with one attached hydrogen (secondary N) is 1. The Balaban J connectivity index is 1.63. The summed E-state index contributed by atoms with van der Waals surface area (Å²) in [7, 11) is 3.02. The van der Waals surface area contributed by atoms with Crippen molar-refractivity contribution < 1.29 is 28.2 Å². The molecule has 1 fully saturated rings. The molecule has 1 saturated heterocycles. The standard InChI is InChI=1S/C26H24FN3O5/c1-34-21-10-3-6-17(12-21)16-29-23(15-24(31)28-19-8-4-7-18(27)13-19)25(32)30(26(29)33)20-9-5-11-22(14-20)35-2/h3-14,23H,15-16H2,1-2H3,(H,28,31)/t23-/m0/s1. The van der Waals surface area contributed by atoms with Crippen LogP contribution in [0.4, 0.5) is 20.6 Å². The van der Waals surface area contributed by atoms with Crippen LogP contribution < -0.4 is 19.7 Å². The molecular weight excluding hydrogens is 453 g/mol. The highest BCUT2D eigenvalue weighted by molar-refractivity contribution is 6.22. The molecule has 1 heterocycles. The molecule has 1 aliphatic rings. The second-order valence-corrected chi connectivity index (χ2v) is 7.92. The minimum atomic E-state index is -1.06. The number of anilines is 2. The molecule has 8 nitrogen and oxygen atoms in total. The molecule has 9 heteroatoms. The van der Waals surface area contributed by atoms with Gasteiger partial charge >= 0.3 is 6.03 Å². The van der Waals surface area contributed by atoms with Crippen LogP contribution in [0.3, 0.4) is 0 Å². The van der Waals surface area contributed by atoms with Crippen molar-refractivity contribution in [2.45, 2.75) is 19.0 Å². The minimum absolute atomic E-state index is 0.0835. The third-order valence-electron chi connectivity index (χ3n) is 5.60. The first-order chi connectivity index (χ1) is 16.9. The Hall–Kier alpha value is -4.40. The van der Waals surface area contributed by atoms with Crippen LogP contribution in [0.5, 0.6) is 11.5 Å². The first-order valence-corrected chi connectivity index (χ1v) is 10.9. The summed E-state index contributed by atoms with van der Waals surface area (Å²) in [4.78, 5) is 42.1. The SMILES string of the molecule is COc1cccc(CN2C(=O)N(c3cccc(OC)c3)C(=O)[C@@H]2CC(=O)Nc2cccc(F)c2)c1. The van der Waals surface area contributed by atoms with Crippen molar-refractivity contribution >= 4 is 29.2 Å². The molecule has 35 heavy (non-hydrogen) atoms. The number of halogens is 1. The molecule has 0 unspecified atom stereocenters. The molecule has 0 spiro atoms. The number of benzene rings is 3. The molecule has 3 aromatic rings. The number of hydrogen-bond acceptors (Lipinski definition) is 5. The third kappa shape index (κ3) is 5.24. The van der Waals surface area contributed by atoms with Crippen LogP contribution in [0.15, 0.2) is 72.8 Å². The van der Waals surface area contributed by atoms with E-state index >= 15 is 0 Å². The Kier molecular flexibility index (Phi) is 6.96. The molecule has 0 aliphatic carbocycles. The van der Waals surface area contributed by atoms with Crippen molar-refractivity contribution in [1.82, 2.24) is 4.90 Å². The zero-order chi connectivity index (χ0) is 24.9. The molecular formula is C26H24FN3O5. The molecule has 4 amide bonds. The molecule has 3 aromatic carbocycles. The summed E-state index contributed by atoms with van der Waals surface area (Å²) in [6.45, 7) is 0.0835. The van der Waals surface area contributed by atoms with E-state index in [0.717, 1.165) is 10.5 Å². The highest BCUT2D eigenvalue weighted by Gasteiger charge is 2.46. The van der Waals surface area contributed by atoms with Crippen molar-refractivity contribution in [2.75, 3.05) is 24.4 Å². The molecule has 180 valence electrons. The van der Waals surface area contributed by atoms with Gasteiger partial charge in [-0.25, -0.2) is 14.1 Å². The average molecular weight is 477 g/mol. The lowest BCUT2D eigenvalue weighted by Gasteiger charge is -2.22. The Morgan fingerprint density at radius 3 is 2.34 bits per heavy atom. The van der Waals surface area contributed by atoms with Crippen LogP contribution in [0.25, 0.3) is 0 Å². The first kappa shape index (κ1) is 23.7. The van der Waals surface area contributed by atoms with Crippen LogP contribution in [0.2, 0.25) is 0 Å². The average Bonchev–Trinajstić information content (AvgIpc) is 3.08. The van der Waals surface area contributed by atoms with Gasteiger partial charge in [-0.1, -0.05) is 24.3 Å². The number of methoxy groups -OCH3 is 2. The quantitative estimate of drug-likeness (QED) is 0.491. The normalized spacial score (nSPS) is 15.3. The summed E-state index contributed by atoms with van der Waals surface area (Å²) >= 11 is 0. The van der Waals surface area contributed by atoms with E-state index in [-0.39, 0.29) is 18.7 Å². The van der Waals surface area contributed by atoms with Gasteiger partial charge in [-0.15, -0.1) is 0 Å². The van der Waals surface area contributed by atoms with Crippen molar-refractivity contribution in [2.24, 2.45) is 0 Å². The van der Waals surface area contributed by atoms with E-state index in [1.54, 1.807) is 54.6 Å². The number of nitrogens with zero attached hydrogens (tertiary/aromatic N) is 2. The summed E-state index contributed by atoms with van der Waals surface area (Å²) in [6, 6.07) is 17.5. The van der Waals surface area contributed by atoms with Crippen LogP contribution in [0, 0.1) is 5.82 Å². The van der Waals surface area contributed by atoms with E-state index in [1.165, 1.54) is 37.3 Å². The largest absolute Gasteiger partial charge is 0.497 e. The highest BCUT2D eigenvalue weighted by Crippen LogP contribution is 2.31. The van der Waals surface area contributed by atoms with Gasteiger partial charge in [0.2, 0.25) is 5.91 Å². The van der Waals surface area contributed by atoms with Gasteiger partial charge in [0.15, 0.2) is 0 Å². The maximum atomic E-state index is 13.5. The van der Waals surface area contributed by atoms with E-state index in [4.69, 9.17) is 9.47 Å². The number of carbonyl (C=O) groups is 3. The number of rotatable bonds is 8. The van der Waals surface area contributed by atoms with Gasteiger partial charge < -0.3 is 19.7 Å². The van der Waals surface area contributed by atoms with Gasteiger partial charge in [-0.05, 0) is 48.0 Å². The van der Waals surface area contributed by atoms with Gasteiger partial charge in [0, 0.05) is 18.3 Å². The molecule has 0 aromatic heterocycles. The highest BCUT2D eigenvalue weighted by atomic mass is 19.1. The summed E-state index contributed by atoms with van der Waals surface area (Å²) < 4.78 is 24.0. The fourth-order valence-corrected chi connectivity index (χ4v) is 3.92. The first-order valence-electron chi connectivity index (χ1n) is 10.9.